The van der Waals surface area contributed by atoms with Crippen molar-refractivity contribution in [3.63, 3.8) is 0 Å². The normalized spacial score (nSPS) is 9.90. The van der Waals surface area contributed by atoms with E-state index in [1.165, 1.54) is 17.4 Å². The van der Waals surface area contributed by atoms with Gasteiger partial charge in [0.05, 0.1) is 19.8 Å². The molecule has 0 spiro atoms. The topological polar surface area (TPSA) is 71.6 Å². The number of carbonyl (C=O) groups excluding carboxylic acids is 1. The largest absolute Gasteiger partial charge is 0.491 e. The van der Waals surface area contributed by atoms with E-state index in [2.05, 4.69) is 50.0 Å². The van der Waals surface area contributed by atoms with Crippen LogP contribution in [0.1, 0.15) is 39.2 Å². The Bertz CT molecular complexity index is 840. The van der Waals surface area contributed by atoms with E-state index in [0.717, 1.165) is 28.8 Å². The van der Waals surface area contributed by atoms with Gasteiger partial charge < -0.3 is 24.4 Å². The number of nitrogens with one attached hydrogen (secondary N) is 1. The molecule has 0 saturated heterocycles. The van der Waals surface area contributed by atoms with E-state index in [1.807, 2.05) is 31.2 Å². The van der Waals surface area contributed by atoms with Gasteiger partial charge in [-0.2, -0.15) is 0 Å². The van der Waals surface area contributed by atoms with E-state index in [0.29, 0.717) is 26.2 Å². The summed E-state index contributed by atoms with van der Waals surface area (Å²) in [7, 11) is 0. The number of benzene rings is 2. The molecule has 164 valence electrons. The first kappa shape index (κ1) is 25.4. The number of ether oxygens (including phenoxy) is 2. The minimum absolute atomic E-state index is 0.0404. The maximum absolute atomic E-state index is 9.17. The first-order chi connectivity index (χ1) is 14.6. The van der Waals surface area contributed by atoms with Gasteiger partial charge in [-0.3, -0.25) is 0 Å². The van der Waals surface area contributed by atoms with Gasteiger partial charge in [0.2, 0.25) is 0 Å². The van der Waals surface area contributed by atoms with Crippen LogP contribution in [0, 0.1) is 6.92 Å². The van der Waals surface area contributed by atoms with Gasteiger partial charge in [-0.15, -0.1) is 0 Å². The van der Waals surface area contributed by atoms with Gasteiger partial charge in [-0.1, -0.05) is 39.3 Å². The number of aromatic amines is 1. The molecule has 3 rings (SSSR count). The van der Waals surface area contributed by atoms with Crippen LogP contribution in [0.3, 0.4) is 0 Å². The van der Waals surface area contributed by atoms with Crippen LogP contribution >= 0.6 is 0 Å². The molecule has 5 heteroatoms. The highest BCUT2D eigenvalue weighted by Gasteiger charge is 2.04. The second-order valence-corrected chi connectivity index (χ2v) is 6.76. The Morgan fingerprint density at radius 3 is 2.23 bits per heavy atom. The summed E-state index contributed by atoms with van der Waals surface area (Å²) < 4.78 is 10.8. The van der Waals surface area contributed by atoms with Crippen molar-refractivity contribution < 1.29 is 19.4 Å². The lowest BCUT2D eigenvalue weighted by molar-refractivity contribution is -0.107. The Labute approximate surface area is 180 Å². The SMILES string of the molecule is CCC.CCC=O.Cc1ccc2cc(-c3ccc(OCCOCCO)cc3)[nH]c2c1. The van der Waals surface area contributed by atoms with Gasteiger partial charge in [0.1, 0.15) is 18.6 Å². The van der Waals surface area contributed by atoms with Crippen LogP contribution in [-0.4, -0.2) is 42.8 Å². The van der Waals surface area contributed by atoms with Crippen molar-refractivity contribution in [3.8, 4) is 17.0 Å². The Kier molecular flexibility index (Phi) is 12.9. The number of fused-ring (bicyclic) bond motifs is 1. The van der Waals surface area contributed by atoms with Gasteiger partial charge in [-0.05, 0) is 54.4 Å². The van der Waals surface area contributed by atoms with Crippen LogP contribution < -0.4 is 4.74 Å². The smallest absolute Gasteiger partial charge is 0.119 e. The predicted octanol–water partition coefficient (Wildman–Crippen LogP) is 5.54. The molecule has 30 heavy (non-hydrogen) atoms. The third kappa shape index (κ3) is 9.25. The number of aryl methyl sites for hydroxylation is 1. The average molecular weight is 414 g/mol. The fraction of sp³-hybridized carbons (Fsp3) is 0.400. The van der Waals surface area contributed by atoms with Crippen LogP contribution in [0.25, 0.3) is 22.2 Å². The molecular formula is C25H35NO4. The van der Waals surface area contributed by atoms with Crippen molar-refractivity contribution in [3.05, 3.63) is 54.1 Å². The number of aliphatic hydroxyl groups excluding tert-OH is 1. The summed E-state index contributed by atoms with van der Waals surface area (Å²) in [4.78, 5) is 12.6. The lowest BCUT2D eigenvalue weighted by Gasteiger charge is -2.07. The molecule has 0 aliphatic rings. The van der Waals surface area contributed by atoms with E-state index in [-0.39, 0.29) is 6.61 Å². The molecule has 1 aromatic heterocycles. The van der Waals surface area contributed by atoms with Gasteiger partial charge in [0.25, 0.3) is 0 Å². The summed E-state index contributed by atoms with van der Waals surface area (Å²) in [6, 6.07) is 16.6. The van der Waals surface area contributed by atoms with E-state index < -0.39 is 0 Å². The summed E-state index contributed by atoms with van der Waals surface area (Å²) in [5.41, 5.74) is 4.63. The highest BCUT2D eigenvalue weighted by Crippen LogP contribution is 2.26. The number of rotatable bonds is 8. The molecule has 0 unspecified atom stereocenters. The van der Waals surface area contributed by atoms with Crippen molar-refractivity contribution in [2.45, 2.75) is 40.5 Å². The molecule has 0 bridgehead atoms. The molecule has 0 fully saturated rings. The zero-order valence-electron chi connectivity index (χ0n) is 18.6. The number of carbonyl (C=O) groups is 1. The first-order valence-corrected chi connectivity index (χ1v) is 10.5. The number of hydrogen-bond donors (Lipinski definition) is 2. The molecule has 0 aliphatic carbocycles. The predicted molar refractivity (Wildman–Crippen MR) is 124 cm³/mol. The zero-order chi connectivity index (χ0) is 22.2. The molecule has 0 saturated carbocycles. The second-order valence-electron chi connectivity index (χ2n) is 6.76. The lowest BCUT2D eigenvalue weighted by Crippen LogP contribution is -2.08. The molecule has 0 atom stereocenters. The third-order valence-corrected chi connectivity index (χ3v) is 3.84. The Hall–Kier alpha value is -2.63. The van der Waals surface area contributed by atoms with E-state index in [1.54, 1.807) is 0 Å². The highest BCUT2D eigenvalue weighted by atomic mass is 16.5. The monoisotopic (exact) mass is 413 g/mol. The van der Waals surface area contributed by atoms with Crippen LogP contribution in [0.5, 0.6) is 5.75 Å². The molecule has 2 aromatic carbocycles. The fourth-order valence-corrected chi connectivity index (χ4v) is 2.51. The van der Waals surface area contributed by atoms with Gasteiger partial charge >= 0.3 is 0 Å². The number of aliphatic hydroxyl groups is 1. The lowest BCUT2D eigenvalue weighted by atomic mass is 10.1. The summed E-state index contributed by atoms with van der Waals surface area (Å²) in [5.74, 6) is 0.813. The van der Waals surface area contributed by atoms with E-state index in [4.69, 9.17) is 14.6 Å². The molecule has 3 aromatic rings. The van der Waals surface area contributed by atoms with Crippen LogP contribution in [0.15, 0.2) is 48.5 Å². The zero-order valence-corrected chi connectivity index (χ0v) is 18.6. The van der Waals surface area contributed by atoms with Crippen molar-refractivity contribution >= 4 is 17.2 Å². The standard InChI is InChI=1S/C19H21NO3.C3H6O.C3H8/c1-14-2-3-16-13-19(20-18(16)12-14)15-4-6-17(7-5-15)23-11-10-22-9-8-21;1-2-3-4;1-3-2/h2-7,12-13,20-21H,8-11H2,1H3;3H,2H2,1H3;3H2,1-2H3. The molecule has 2 N–H and O–H groups in total. The van der Waals surface area contributed by atoms with Gasteiger partial charge in [0.15, 0.2) is 0 Å². The minimum atomic E-state index is 0.0404. The van der Waals surface area contributed by atoms with E-state index >= 15 is 0 Å². The maximum atomic E-state index is 9.17. The van der Waals surface area contributed by atoms with Crippen molar-refractivity contribution in [1.82, 2.24) is 4.98 Å². The van der Waals surface area contributed by atoms with Crippen molar-refractivity contribution in [2.24, 2.45) is 0 Å². The first-order valence-electron chi connectivity index (χ1n) is 10.5. The summed E-state index contributed by atoms with van der Waals surface area (Å²) in [6.45, 7) is 9.50. The summed E-state index contributed by atoms with van der Waals surface area (Å²) in [5, 5.41) is 9.83. The van der Waals surface area contributed by atoms with Crippen LogP contribution in [0.2, 0.25) is 0 Å². The Morgan fingerprint density at radius 2 is 1.63 bits per heavy atom. The Balaban J connectivity index is 0.000000564. The number of aromatic nitrogens is 1. The van der Waals surface area contributed by atoms with Gasteiger partial charge in [-0.25, -0.2) is 0 Å². The third-order valence-electron chi connectivity index (χ3n) is 3.84. The molecule has 5 nitrogen and oxygen atoms in total. The van der Waals surface area contributed by atoms with Crippen molar-refractivity contribution in [1.29, 1.82) is 0 Å². The number of aldehydes is 1. The molecular weight excluding hydrogens is 378 g/mol. The number of H-pyrrole nitrogens is 1. The Morgan fingerprint density at radius 1 is 0.967 bits per heavy atom. The molecule has 0 radical (unpaired) electrons. The summed E-state index contributed by atoms with van der Waals surface area (Å²) >= 11 is 0. The van der Waals surface area contributed by atoms with E-state index in [9.17, 15) is 4.79 Å². The maximum Gasteiger partial charge on any atom is 0.119 e. The average Bonchev–Trinajstić information content (AvgIpc) is 3.18. The second kappa shape index (κ2) is 15.2. The summed E-state index contributed by atoms with van der Waals surface area (Å²) in [6.07, 6.45) is 2.76. The fourth-order valence-electron chi connectivity index (χ4n) is 2.51. The van der Waals surface area contributed by atoms with Crippen molar-refractivity contribution in [2.75, 3.05) is 26.4 Å². The van der Waals surface area contributed by atoms with Crippen LogP contribution in [-0.2, 0) is 9.53 Å². The quantitative estimate of drug-likeness (QED) is 0.375. The molecule has 1 heterocycles. The minimum Gasteiger partial charge on any atom is -0.491 e. The van der Waals surface area contributed by atoms with Crippen LogP contribution in [0.4, 0.5) is 0 Å². The molecule has 0 aliphatic heterocycles. The number of hydrogen-bond acceptors (Lipinski definition) is 4. The molecule has 0 amide bonds. The van der Waals surface area contributed by atoms with Gasteiger partial charge in [0, 0.05) is 23.0 Å². The highest BCUT2D eigenvalue weighted by molar-refractivity contribution is 5.86.